The molecule has 2 saturated heterocycles. The minimum atomic E-state index is -5.08. The van der Waals surface area contributed by atoms with Gasteiger partial charge in [-0.05, 0) is 31.7 Å². The predicted molar refractivity (Wildman–Crippen MR) is 101 cm³/mol. The van der Waals surface area contributed by atoms with E-state index in [2.05, 4.69) is 11.9 Å². The molecule has 0 saturated carbocycles. The highest BCUT2D eigenvalue weighted by Crippen LogP contribution is 2.43. The smallest absolute Gasteiger partial charge is 0.475 e. The highest BCUT2D eigenvalue weighted by atomic mass is 35.5. The van der Waals surface area contributed by atoms with Gasteiger partial charge in [0.1, 0.15) is 0 Å². The average molecular weight is 437 g/mol. The molecule has 2 aliphatic rings. The third-order valence-electron chi connectivity index (χ3n) is 5.34. The SMILES string of the molecule is COC[C@@H]1CN(C)C[C@@]12CCN(C(=O)c1cccc(Cl)c1)C2.O=C(O)C(F)(F)F. The van der Waals surface area contributed by atoms with Crippen molar-refractivity contribution in [3.05, 3.63) is 34.9 Å². The maximum absolute atomic E-state index is 12.7. The number of benzene rings is 1. The number of carboxylic acid groups (broad SMARTS) is 1. The molecule has 29 heavy (non-hydrogen) atoms. The molecule has 1 N–H and O–H groups in total. The van der Waals surface area contributed by atoms with E-state index < -0.39 is 12.1 Å². The maximum atomic E-state index is 12.7. The van der Waals surface area contributed by atoms with Crippen LogP contribution in [0.5, 0.6) is 0 Å². The molecular weight excluding hydrogens is 413 g/mol. The van der Waals surface area contributed by atoms with E-state index in [0.29, 0.717) is 16.5 Å². The first kappa shape index (κ1) is 23.4. The van der Waals surface area contributed by atoms with Crippen LogP contribution in [0.3, 0.4) is 0 Å². The van der Waals surface area contributed by atoms with E-state index in [-0.39, 0.29) is 11.3 Å². The summed E-state index contributed by atoms with van der Waals surface area (Å²) in [5.74, 6) is -2.17. The van der Waals surface area contributed by atoms with E-state index in [1.54, 1.807) is 19.2 Å². The number of rotatable bonds is 3. The number of methoxy groups -OCH3 is 1. The third kappa shape index (κ3) is 5.83. The molecule has 0 radical (unpaired) electrons. The molecule has 1 spiro atoms. The maximum Gasteiger partial charge on any atom is 0.490 e. The molecular formula is C19H24ClF3N2O4. The molecule has 0 bridgehead atoms. The summed E-state index contributed by atoms with van der Waals surface area (Å²) >= 11 is 6.01. The van der Waals surface area contributed by atoms with Crippen LogP contribution >= 0.6 is 11.6 Å². The molecule has 0 aliphatic carbocycles. The van der Waals surface area contributed by atoms with Gasteiger partial charge in [0, 0.05) is 55.2 Å². The van der Waals surface area contributed by atoms with Crippen molar-refractivity contribution in [1.82, 2.24) is 9.80 Å². The molecule has 2 fully saturated rings. The Labute approximate surface area is 172 Å². The summed E-state index contributed by atoms with van der Waals surface area (Å²) in [5.41, 5.74) is 0.859. The van der Waals surface area contributed by atoms with Gasteiger partial charge in [0.05, 0.1) is 6.61 Å². The lowest BCUT2D eigenvalue weighted by Gasteiger charge is -2.30. The Morgan fingerprint density at radius 3 is 2.55 bits per heavy atom. The second kappa shape index (κ2) is 9.32. The van der Waals surface area contributed by atoms with Crippen LogP contribution in [0.2, 0.25) is 5.02 Å². The number of likely N-dealkylation sites (tertiary alicyclic amines) is 2. The molecule has 2 atom stereocenters. The molecule has 10 heteroatoms. The summed E-state index contributed by atoms with van der Waals surface area (Å²) < 4.78 is 37.1. The number of carboxylic acids is 1. The zero-order chi connectivity index (χ0) is 21.8. The van der Waals surface area contributed by atoms with Gasteiger partial charge in [-0.25, -0.2) is 4.79 Å². The zero-order valence-electron chi connectivity index (χ0n) is 16.2. The lowest BCUT2D eigenvalue weighted by Crippen LogP contribution is -2.38. The number of hydrogen-bond donors (Lipinski definition) is 1. The van der Waals surface area contributed by atoms with Gasteiger partial charge in [-0.1, -0.05) is 17.7 Å². The summed E-state index contributed by atoms with van der Waals surface area (Å²) in [5, 5.41) is 7.73. The quantitative estimate of drug-likeness (QED) is 0.788. The van der Waals surface area contributed by atoms with Crippen LogP contribution in [0.1, 0.15) is 16.8 Å². The Bertz CT molecular complexity index is 746. The van der Waals surface area contributed by atoms with Crippen LogP contribution in [0, 0.1) is 11.3 Å². The number of halogens is 4. The minimum absolute atomic E-state index is 0.0881. The van der Waals surface area contributed by atoms with Crippen molar-refractivity contribution in [3.8, 4) is 0 Å². The Hall–Kier alpha value is -1.84. The monoisotopic (exact) mass is 436 g/mol. The second-order valence-corrected chi connectivity index (χ2v) is 7.94. The van der Waals surface area contributed by atoms with Crippen LogP contribution in [-0.4, -0.2) is 79.9 Å². The fraction of sp³-hybridized carbons (Fsp3) is 0.579. The van der Waals surface area contributed by atoms with Gasteiger partial charge in [0.25, 0.3) is 5.91 Å². The van der Waals surface area contributed by atoms with Crippen molar-refractivity contribution in [2.45, 2.75) is 12.6 Å². The number of amides is 1. The van der Waals surface area contributed by atoms with Crippen LogP contribution in [0.15, 0.2) is 24.3 Å². The van der Waals surface area contributed by atoms with Gasteiger partial charge in [-0.2, -0.15) is 13.2 Å². The molecule has 1 amide bonds. The van der Waals surface area contributed by atoms with Crippen LogP contribution < -0.4 is 0 Å². The van der Waals surface area contributed by atoms with Gasteiger partial charge in [-0.15, -0.1) is 0 Å². The summed E-state index contributed by atoms with van der Waals surface area (Å²) in [7, 11) is 3.91. The lowest BCUT2D eigenvalue weighted by atomic mass is 9.77. The first-order chi connectivity index (χ1) is 13.5. The first-order valence-electron chi connectivity index (χ1n) is 9.01. The van der Waals surface area contributed by atoms with E-state index in [9.17, 15) is 18.0 Å². The third-order valence-corrected chi connectivity index (χ3v) is 5.57. The first-order valence-corrected chi connectivity index (χ1v) is 9.39. The van der Waals surface area contributed by atoms with Crippen molar-refractivity contribution < 1.29 is 32.6 Å². The molecule has 1 aromatic carbocycles. The van der Waals surface area contributed by atoms with Crippen molar-refractivity contribution in [1.29, 1.82) is 0 Å². The average Bonchev–Trinajstić information content (AvgIpc) is 3.18. The largest absolute Gasteiger partial charge is 0.490 e. The predicted octanol–water partition coefficient (Wildman–Crippen LogP) is 3.01. The van der Waals surface area contributed by atoms with E-state index in [1.165, 1.54) is 0 Å². The normalized spacial score (nSPS) is 24.5. The van der Waals surface area contributed by atoms with E-state index >= 15 is 0 Å². The number of aliphatic carboxylic acids is 1. The van der Waals surface area contributed by atoms with Crippen molar-refractivity contribution in [2.24, 2.45) is 11.3 Å². The number of alkyl halides is 3. The van der Waals surface area contributed by atoms with Crippen molar-refractivity contribution in [2.75, 3.05) is 46.9 Å². The van der Waals surface area contributed by atoms with Gasteiger partial charge in [0.2, 0.25) is 0 Å². The highest BCUT2D eigenvalue weighted by molar-refractivity contribution is 6.30. The van der Waals surface area contributed by atoms with E-state index in [1.807, 2.05) is 17.0 Å². The molecule has 1 aromatic rings. The fourth-order valence-electron chi connectivity index (χ4n) is 4.07. The molecule has 0 aromatic heterocycles. The second-order valence-electron chi connectivity index (χ2n) is 7.50. The molecule has 2 aliphatic heterocycles. The van der Waals surface area contributed by atoms with Crippen molar-refractivity contribution >= 4 is 23.5 Å². The molecule has 162 valence electrons. The summed E-state index contributed by atoms with van der Waals surface area (Å²) in [6.45, 7) is 4.49. The number of ether oxygens (including phenoxy) is 1. The number of carbonyl (C=O) groups excluding carboxylic acids is 1. The highest BCUT2D eigenvalue weighted by Gasteiger charge is 2.50. The van der Waals surface area contributed by atoms with E-state index in [0.717, 1.165) is 39.2 Å². The summed E-state index contributed by atoms with van der Waals surface area (Å²) in [4.78, 5) is 25.9. The zero-order valence-corrected chi connectivity index (χ0v) is 17.0. The van der Waals surface area contributed by atoms with Crippen LogP contribution in [-0.2, 0) is 9.53 Å². The molecule has 3 rings (SSSR count). The number of carbonyl (C=O) groups is 2. The summed E-state index contributed by atoms with van der Waals surface area (Å²) in [6.07, 6.45) is -4.03. The fourth-order valence-corrected chi connectivity index (χ4v) is 4.26. The van der Waals surface area contributed by atoms with Crippen LogP contribution in [0.25, 0.3) is 0 Å². The minimum Gasteiger partial charge on any atom is -0.475 e. The lowest BCUT2D eigenvalue weighted by molar-refractivity contribution is -0.192. The Balaban J connectivity index is 0.000000370. The topological polar surface area (TPSA) is 70.1 Å². The standard InChI is InChI=1S/C17H23ClN2O2.C2HF3O2/c1-19-9-14(10-22-2)17(11-19)6-7-20(12-17)16(21)13-4-3-5-15(18)8-13;3-2(4,5)1(6)7/h3-5,8,14H,6-7,9-12H2,1-2H3;(H,6,7)/t14-,17+;/m0./s1. The van der Waals surface area contributed by atoms with Gasteiger partial charge >= 0.3 is 12.1 Å². The Morgan fingerprint density at radius 2 is 2.00 bits per heavy atom. The molecule has 2 heterocycles. The van der Waals surface area contributed by atoms with Gasteiger partial charge < -0.3 is 19.6 Å². The molecule has 6 nitrogen and oxygen atoms in total. The van der Waals surface area contributed by atoms with Crippen molar-refractivity contribution in [3.63, 3.8) is 0 Å². The van der Waals surface area contributed by atoms with Gasteiger partial charge in [-0.3, -0.25) is 4.79 Å². The number of hydrogen-bond acceptors (Lipinski definition) is 4. The number of nitrogens with zero attached hydrogens (tertiary/aromatic N) is 2. The molecule has 0 unspecified atom stereocenters. The van der Waals surface area contributed by atoms with E-state index in [4.69, 9.17) is 26.2 Å². The van der Waals surface area contributed by atoms with Crippen LogP contribution in [0.4, 0.5) is 13.2 Å². The van der Waals surface area contributed by atoms with Gasteiger partial charge in [0.15, 0.2) is 0 Å². The summed E-state index contributed by atoms with van der Waals surface area (Å²) in [6, 6.07) is 7.22. The Kier molecular flexibility index (Phi) is 7.53. The Morgan fingerprint density at radius 1 is 1.34 bits per heavy atom.